The van der Waals surface area contributed by atoms with Crippen LogP contribution in [0.5, 0.6) is 0 Å². The predicted molar refractivity (Wildman–Crippen MR) is 194 cm³/mol. The molecule has 0 radical (unpaired) electrons. The largest absolute Gasteiger partial charge is 0.382 e. The van der Waals surface area contributed by atoms with E-state index in [1.165, 1.54) is 38.5 Å². The Hall–Kier alpha value is -2.75. The summed E-state index contributed by atoms with van der Waals surface area (Å²) in [7, 11) is 2.19. The molecule has 47 heavy (non-hydrogen) atoms. The van der Waals surface area contributed by atoms with E-state index in [0.717, 1.165) is 92.5 Å². The van der Waals surface area contributed by atoms with Crippen molar-refractivity contribution >= 4 is 33.7 Å². The molecule has 0 saturated heterocycles. The Kier molecular flexibility index (Phi) is 15.7. The summed E-state index contributed by atoms with van der Waals surface area (Å²) >= 11 is 0. The zero-order valence-corrected chi connectivity index (χ0v) is 29.8. The number of imidazole rings is 1. The van der Waals surface area contributed by atoms with E-state index in [-0.39, 0.29) is 5.91 Å². The number of aryl methyl sites for hydroxylation is 2. The highest BCUT2D eigenvalue weighted by molar-refractivity contribution is 6.06. The van der Waals surface area contributed by atoms with Crippen molar-refractivity contribution in [3.8, 4) is 0 Å². The van der Waals surface area contributed by atoms with E-state index in [9.17, 15) is 4.79 Å². The first-order valence-corrected chi connectivity index (χ1v) is 18.6. The third-order valence-corrected chi connectivity index (χ3v) is 9.88. The Morgan fingerprint density at radius 1 is 0.979 bits per heavy atom. The summed E-state index contributed by atoms with van der Waals surface area (Å²) in [6, 6.07) is 8.55. The number of pyridine rings is 1. The van der Waals surface area contributed by atoms with Crippen LogP contribution in [0.15, 0.2) is 24.3 Å². The number of fused-ring (bicyclic) bond motifs is 3. The third-order valence-electron chi connectivity index (χ3n) is 9.88. The standard InChI is InChI=1S/C38H62N6O3/c1-5-7-20-33-41-36-37(31-18-10-11-19-32(31)40-38(36)39)44(33)24-13-12-22-43(4)23-14-25-46-27-28-47-26-21-34(45)42-35-29(3)16-8-9-17-30(35)15-6-2/h10-11,18-19,29-30,35H,5-9,12-17,20-28H2,1-4H3,(H2,39,40)(H,42,45)/t29-,30?,35?/m1/s1. The van der Waals surface area contributed by atoms with Crippen molar-refractivity contribution < 1.29 is 14.3 Å². The molecule has 3 atom stereocenters. The van der Waals surface area contributed by atoms with Crippen molar-refractivity contribution in [2.24, 2.45) is 11.8 Å². The summed E-state index contributed by atoms with van der Waals surface area (Å²) in [5, 5.41) is 4.48. The fourth-order valence-corrected chi connectivity index (χ4v) is 7.27. The fraction of sp³-hybridized carbons (Fsp3) is 0.711. The first kappa shape index (κ1) is 37.1. The van der Waals surface area contributed by atoms with E-state index in [1.54, 1.807) is 0 Å². The Bertz CT molecular complexity index is 1360. The first-order chi connectivity index (χ1) is 22.9. The SMILES string of the molecule is CCCCc1nc2c(N)nc3ccccc3c2n1CCCCN(C)CCCOCCOCCC(=O)NC1C(CCC)CCCC[C@H]1C. The minimum absolute atomic E-state index is 0.125. The molecule has 2 heterocycles. The monoisotopic (exact) mass is 650 g/mol. The highest BCUT2D eigenvalue weighted by atomic mass is 16.5. The summed E-state index contributed by atoms with van der Waals surface area (Å²) in [6.07, 6.45) is 14.2. The van der Waals surface area contributed by atoms with Gasteiger partial charge in [-0.2, -0.15) is 0 Å². The van der Waals surface area contributed by atoms with Crippen LogP contribution in [0.3, 0.4) is 0 Å². The van der Waals surface area contributed by atoms with Crippen molar-refractivity contribution in [1.82, 2.24) is 24.8 Å². The van der Waals surface area contributed by atoms with Crippen molar-refractivity contribution in [3.63, 3.8) is 0 Å². The summed E-state index contributed by atoms with van der Waals surface area (Å²) < 4.78 is 13.9. The molecule has 3 N–H and O–H groups in total. The van der Waals surface area contributed by atoms with E-state index in [0.29, 0.717) is 49.9 Å². The van der Waals surface area contributed by atoms with Gasteiger partial charge in [0.15, 0.2) is 5.82 Å². The third kappa shape index (κ3) is 11.1. The number of benzene rings is 1. The van der Waals surface area contributed by atoms with E-state index < -0.39 is 0 Å². The molecular formula is C38H62N6O3. The minimum Gasteiger partial charge on any atom is -0.382 e. The maximum absolute atomic E-state index is 12.6. The second kappa shape index (κ2) is 19.9. The quantitative estimate of drug-likeness (QED) is 0.0932. The van der Waals surface area contributed by atoms with Gasteiger partial charge in [-0.3, -0.25) is 4.79 Å². The summed E-state index contributed by atoms with van der Waals surface area (Å²) in [5.74, 6) is 2.93. The number of unbranched alkanes of at least 4 members (excludes halogenated alkanes) is 2. The number of para-hydroxylation sites is 1. The second-order valence-corrected chi connectivity index (χ2v) is 13.7. The van der Waals surface area contributed by atoms with Crippen LogP contribution < -0.4 is 11.1 Å². The van der Waals surface area contributed by atoms with Gasteiger partial charge in [0, 0.05) is 44.0 Å². The lowest BCUT2D eigenvalue weighted by molar-refractivity contribution is -0.123. The summed E-state index contributed by atoms with van der Waals surface area (Å²) in [6.45, 7) is 12.0. The number of carbonyl (C=O) groups excluding carboxylic acids is 1. The number of nitrogens with one attached hydrogen (secondary N) is 1. The van der Waals surface area contributed by atoms with Gasteiger partial charge in [-0.15, -0.1) is 0 Å². The Morgan fingerprint density at radius 3 is 2.55 bits per heavy atom. The van der Waals surface area contributed by atoms with Crippen LogP contribution in [0.25, 0.3) is 21.9 Å². The predicted octanol–water partition coefficient (Wildman–Crippen LogP) is 7.15. The molecule has 0 spiro atoms. The van der Waals surface area contributed by atoms with Gasteiger partial charge >= 0.3 is 0 Å². The summed E-state index contributed by atoms with van der Waals surface area (Å²) in [4.78, 5) is 24.6. The number of hydrogen-bond donors (Lipinski definition) is 2. The molecule has 0 bridgehead atoms. The zero-order chi connectivity index (χ0) is 33.4. The number of ether oxygens (including phenoxy) is 2. The van der Waals surface area contributed by atoms with Gasteiger partial charge in [0.25, 0.3) is 0 Å². The molecule has 1 fully saturated rings. The molecule has 1 aliphatic carbocycles. The van der Waals surface area contributed by atoms with Crippen molar-refractivity contribution in [2.75, 3.05) is 52.3 Å². The molecular weight excluding hydrogens is 588 g/mol. The van der Waals surface area contributed by atoms with Crippen molar-refractivity contribution in [3.05, 3.63) is 30.1 Å². The van der Waals surface area contributed by atoms with Crippen LogP contribution in [-0.4, -0.2) is 77.9 Å². The molecule has 9 heteroatoms. The molecule has 1 saturated carbocycles. The molecule has 1 aliphatic rings. The van der Waals surface area contributed by atoms with Crippen LogP contribution in [0.4, 0.5) is 5.82 Å². The lowest BCUT2D eigenvalue weighted by Gasteiger charge is -2.30. The average Bonchev–Trinajstić information content (AvgIpc) is 3.35. The lowest BCUT2D eigenvalue weighted by atomic mass is 9.85. The van der Waals surface area contributed by atoms with E-state index in [2.05, 4.69) is 59.7 Å². The van der Waals surface area contributed by atoms with Crippen LogP contribution in [0.1, 0.15) is 104 Å². The number of nitrogens with two attached hydrogens (primary N) is 1. The van der Waals surface area contributed by atoms with Crippen molar-refractivity contribution in [1.29, 1.82) is 0 Å². The number of nitrogens with zero attached hydrogens (tertiary/aromatic N) is 4. The maximum atomic E-state index is 12.6. The highest BCUT2D eigenvalue weighted by Gasteiger charge is 2.29. The Labute approximate surface area is 283 Å². The number of aromatic nitrogens is 3. The summed E-state index contributed by atoms with van der Waals surface area (Å²) in [5.41, 5.74) is 9.25. The van der Waals surface area contributed by atoms with Gasteiger partial charge in [-0.1, -0.05) is 64.7 Å². The molecule has 2 aromatic heterocycles. The number of hydrogen-bond acceptors (Lipinski definition) is 7. The topological polar surface area (TPSA) is 108 Å². The fourth-order valence-electron chi connectivity index (χ4n) is 7.27. The van der Waals surface area contributed by atoms with Gasteiger partial charge < -0.3 is 30.0 Å². The number of nitrogen functional groups attached to an aromatic ring is 1. The van der Waals surface area contributed by atoms with Crippen LogP contribution in [0.2, 0.25) is 0 Å². The number of rotatable bonds is 21. The molecule has 1 aromatic carbocycles. The highest BCUT2D eigenvalue weighted by Crippen LogP contribution is 2.31. The molecule has 1 amide bonds. The Balaban J connectivity index is 1.08. The number of anilines is 1. The normalized spacial score (nSPS) is 18.7. The molecule has 3 aromatic rings. The first-order valence-electron chi connectivity index (χ1n) is 18.6. The second-order valence-electron chi connectivity index (χ2n) is 13.7. The van der Waals surface area contributed by atoms with Crippen molar-refractivity contribution in [2.45, 2.75) is 117 Å². The minimum atomic E-state index is 0.125. The average molecular weight is 651 g/mol. The molecule has 2 unspecified atom stereocenters. The van der Waals surface area contributed by atoms with Gasteiger partial charge in [-0.25, -0.2) is 9.97 Å². The van der Waals surface area contributed by atoms with Gasteiger partial charge in [0.1, 0.15) is 11.3 Å². The lowest BCUT2D eigenvalue weighted by Crippen LogP contribution is -2.44. The smallest absolute Gasteiger partial charge is 0.222 e. The van der Waals surface area contributed by atoms with E-state index in [4.69, 9.17) is 20.2 Å². The van der Waals surface area contributed by atoms with Crippen LogP contribution in [-0.2, 0) is 27.2 Å². The van der Waals surface area contributed by atoms with Crippen LogP contribution in [0, 0.1) is 11.8 Å². The maximum Gasteiger partial charge on any atom is 0.222 e. The number of carbonyl (C=O) groups is 1. The van der Waals surface area contributed by atoms with Gasteiger partial charge in [0.05, 0.1) is 30.9 Å². The molecule has 4 rings (SSSR count). The van der Waals surface area contributed by atoms with E-state index in [1.807, 2.05) is 12.1 Å². The van der Waals surface area contributed by atoms with E-state index >= 15 is 0 Å². The molecule has 9 nitrogen and oxygen atoms in total. The Morgan fingerprint density at radius 2 is 1.74 bits per heavy atom. The molecule has 0 aliphatic heterocycles. The van der Waals surface area contributed by atoms with Crippen LogP contribution >= 0.6 is 0 Å². The zero-order valence-electron chi connectivity index (χ0n) is 29.8. The van der Waals surface area contributed by atoms with Gasteiger partial charge in [-0.05, 0) is 76.4 Å². The molecule has 262 valence electrons. The number of amides is 1. The van der Waals surface area contributed by atoms with Gasteiger partial charge in [0.2, 0.25) is 5.91 Å².